The van der Waals surface area contributed by atoms with E-state index in [1.807, 2.05) is 0 Å². The average molecular weight is 412 g/mol. The summed E-state index contributed by atoms with van der Waals surface area (Å²) in [6.07, 6.45) is 1.07. The minimum absolute atomic E-state index is 0.290. The molecule has 0 spiro atoms. The van der Waals surface area contributed by atoms with Crippen molar-refractivity contribution in [3.63, 3.8) is 0 Å². The molecule has 0 saturated heterocycles. The van der Waals surface area contributed by atoms with Gasteiger partial charge in [0.1, 0.15) is 0 Å². The maximum absolute atomic E-state index is 3.51. The minimum Gasteiger partial charge on any atom is -0.362 e. The second kappa shape index (κ2) is 8.97. The maximum atomic E-state index is 3.51. The van der Waals surface area contributed by atoms with Crippen LogP contribution in [0.1, 0.15) is 52.2 Å². The summed E-state index contributed by atoms with van der Waals surface area (Å²) in [5, 5.41) is 0.371. The Hall–Kier alpha value is -2.71. The van der Waals surface area contributed by atoms with E-state index in [1.165, 1.54) is 33.6 Å². The lowest BCUT2D eigenvalue weighted by Gasteiger charge is -2.38. The predicted molar refractivity (Wildman–Crippen MR) is 130 cm³/mol. The summed E-state index contributed by atoms with van der Waals surface area (Å²) in [6.45, 7) is 6.64. The number of aromatic nitrogens is 1. The molecule has 30 heavy (non-hydrogen) atoms. The Bertz CT molecular complexity index is 971. The van der Waals surface area contributed by atoms with Crippen LogP contribution in [0.3, 0.4) is 0 Å². The van der Waals surface area contributed by atoms with E-state index in [-0.39, 0.29) is 4.75 Å². The molecule has 0 aliphatic heterocycles. The van der Waals surface area contributed by atoms with Gasteiger partial charge in [-0.1, -0.05) is 97.9 Å². The van der Waals surface area contributed by atoms with Crippen LogP contribution in [0.4, 0.5) is 0 Å². The summed E-state index contributed by atoms with van der Waals surface area (Å²) in [6, 6.07) is 35.2. The predicted octanol–water partition coefficient (Wildman–Crippen LogP) is 7.81. The maximum Gasteiger partial charge on any atom is 0.0913 e. The SMILES string of the molecule is CCC(SC(c1ccccc1)(c1ccccc1)c1ccccc1)c1cc(C)[nH]c1C. The van der Waals surface area contributed by atoms with Crippen LogP contribution in [-0.2, 0) is 4.75 Å². The van der Waals surface area contributed by atoms with Gasteiger partial charge in [0.15, 0.2) is 0 Å². The van der Waals surface area contributed by atoms with Crippen LogP contribution in [-0.4, -0.2) is 4.98 Å². The number of nitrogens with one attached hydrogen (secondary N) is 1. The van der Waals surface area contributed by atoms with Crippen LogP contribution in [0.5, 0.6) is 0 Å². The van der Waals surface area contributed by atoms with Gasteiger partial charge in [0, 0.05) is 16.6 Å². The summed E-state index contributed by atoms with van der Waals surface area (Å²) in [5.74, 6) is 0. The Morgan fingerprint density at radius 1 is 0.733 bits per heavy atom. The van der Waals surface area contributed by atoms with E-state index >= 15 is 0 Å². The molecule has 1 aromatic heterocycles. The van der Waals surface area contributed by atoms with Crippen molar-refractivity contribution >= 4 is 11.8 Å². The van der Waals surface area contributed by atoms with Crippen molar-refractivity contribution in [3.05, 3.63) is 131 Å². The van der Waals surface area contributed by atoms with Crippen LogP contribution in [0.25, 0.3) is 0 Å². The van der Waals surface area contributed by atoms with Gasteiger partial charge in [-0.25, -0.2) is 0 Å². The van der Waals surface area contributed by atoms with Gasteiger partial charge in [0.25, 0.3) is 0 Å². The van der Waals surface area contributed by atoms with E-state index in [4.69, 9.17) is 0 Å². The molecule has 0 aliphatic carbocycles. The Kier molecular flexibility index (Phi) is 6.15. The lowest BCUT2D eigenvalue weighted by Crippen LogP contribution is -2.27. The Balaban J connectivity index is 1.96. The summed E-state index contributed by atoms with van der Waals surface area (Å²) in [5.41, 5.74) is 7.86. The zero-order valence-electron chi connectivity index (χ0n) is 17.9. The standard InChI is InChI=1S/C28H29NS/c1-4-27(26-20-21(2)29-22(26)3)30-28(23-14-8-5-9-15-23,24-16-10-6-11-17-24)25-18-12-7-13-19-25/h5-20,27,29H,4H2,1-3H3. The third kappa shape index (κ3) is 3.85. The molecule has 4 rings (SSSR count). The molecule has 3 aromatic carbocycles. The average Bonchev–Trinajstić information content (AvgIpc) is 3.14. The van der Waals surface area contributed by atoms with Gasteiger partial charge in [-0.05, 0) is 48.6 Å². The van der Waals surface area contributed by atoms with Gasteiger partial charge in [-0.3, -0.25) is 0 Å². The van der Waals surface area contributed by atoms with E-state index in [1.54, 1.807) is 0 Å². The number of aromatic amines is 1. The highest BCUT2D eigenvalue weighted by atomic mass is 32.2. The molecule has 0 radical (unpaired) electrons. The summed E-state index contributed by atoms with van der Waals surface area (Å²) in [7, 11) is 0. The fourth-order valence-electron chi connectivity index (χ4n) is 4.38. The molecule has 4 aromatic rings. The first-order valence-corrected chi connectivity index (χ1v) is 11.5. The second-order valence-electron chi connectivity index (χ2n) is 7.83. The Morgan fingerprint density at radius 3 is 1.50 bits per heavy atom. The monoisotopic (exact) mass is 411 g/mol. The first-order chi connectivity index (χ1) is 14.6. The second-order valence-corrected chi connectivity index (χ2v) is 9.24. The summed E-state index contributed by atoms with van der Waals surface area (Å²) in [4.78, 5) is 3.51. The quantitative estimate of drug-likeness (QED) is 0.307. The first kappa shape index (κ1) is 20.6. The summed E-state index contributed by atoms with van der Waals surface area (Å²) < 4.78 is -0.290. The number of hydrogen-bond donors (Lipinski definition) is 1. The van der Waals surface area contributed by atoms with E-state index in [9.17, 15) is 0 Å². The third-order valence-corrected chi connectivity index (χ3v) is 7.70. The van der Waals surface area contributed by atoms with E-state index in [2.05, 4.69) is 135 Å². The number of hydrogen-bond acceptors (Lipinski definition) is 1. The van der Waals surface area contributed by atoms with Crippen LogP contribution < -0.4 is 0 Å². The highest BCUT2D eigenvalue weighted by molar-refractivity contribution is 8.00. The lowest BCUT2D eigenvalue weighted by atomic mass is 9.84. The van der Waals surface area contributed by atoms with E-state index in [0.717, 1.165) is 6.42 Å². The van der Waals surface area contributed by atoms with Gasteiger partial charge in [0.05, 0.1) is 4.75 Å². The normalized spacial score (nSPS) is 12.6. The molecule has 0 bridgehead atoms. The van der Waals surface area contributed by atoms with Crippen molar-refractivity contribution in [3.8, 4) is 0 Å². The van der Waals surface area contributed by atoms with Crippen molar-refractivity contribution in [1.82, 2.24) is 4.98 Å². The Labute approximate surface area is 184 Å². The Morgan fingerprint density at radius 2 is 1.17 bits per heavy atom. The van der Waals surface area contributed by atoms with Gasteiger partial charge < -0.3 is 4.98 Å². The third-order valence-electron chi connectivity index (χ3n) is 5.77. The van der Waals surface area contributed by atoms with Crippen LogP contribution in [0.15, 0.2) is 97.1 Å². The molecule has 0 amide bonds. The zero-order chi connectivity index (χ0) is 21.0. The highest BCUT2D eigenvalue weighted by Crippen LogP contribution is 2.55. The molecule has 1 atom stereocenters. The molecular weight excluding hydrogens is 382 g/mol. The number of thioether (sulfide) groups is 1. The van der Waals surface area contributed by atoms with Crippen molar-refractivity contribution in [2.45, 2.75) is 37.2 Å². The van der Waals surface area contributed by atoms with Crippen molar-refractivity contribution < 1.29 is 0 Å². The van der Waals surface area contributed by atoms with E-state index in [0.29, 0.717) is 5.25 Å². The van der Waals surface area contributed by atoms with E-state index < -0.39 is 0 Å². The molecule has 1 N–H and O–H groups in total. The van der Waals surface area contributed by atoms with Crippen molar-refractivity contribution in [2.24, 2.45) is 0 Å². The first-order valence-electron chi connectivity index (χ1n) is 10.7. The summed E-state index contributed by atoms with van der Waals surface area (Å²) >= 11 is 2.06. The molecule has 0 fully saturated rings. The molecule has 0 saturated carbocycles. The molecule has 152 valence electrons. The van der Waals surface area contributed by atoms with Crippen LogP contribution in [0.2, 0.25) is 0 Å². The highest BCUT2D eigenvalue weighted by Gasteiger charge is 2.39. The molecule has 1 heterocycles. The molecule has 2 heteroatoms. The number of H-pyrrole nitrogens is 1. The number of aryl methyl sites for hydroxylation is 2. The fraction of sp³-hybridized carbons (Fsp3) is 0.214. The molecular formula is C28H29NS. The van der Waals surface area contributed by atoms with Crippen molar-refractivity contribution in [2.75, 3.05) is 0 Å². The topological polar surface area (TPSA) is 15.8 Å². The molecule has 1 unspecified atom stereocenters. The number of rotatable bonds is 7. The van der Waals surface area contributed by atoms with Crippen molar-refractivity contribution in [1.29, 1.82) is 0 Å². The molecule has 0 aliphatic rings. The fourth-order valence-corrected chi connectivity index (χ4v) is 6.16. The van der Waals surface area contributed by atoms with Gasteiger partial charge in [-0.2, -0.15) is 0 Å². The smallest absolute Gasteiger partial charge is 0.0913 e. The minimum atomic E-state index is -0.290. The van der Waals surface area contributed by atoms with Gasteiger partial charge in [-0.15, -0.1) is 11.8 Å². The lowest BCUT2D eigenvalue weighted by molar-refractivity contribution is 0.836. The number of benzene rings is 3. The zero-order valence-corrected chi connectivity index (χ0v) is 18.7. The van der Waals surface area contributed by atoms with Gasteiger partial charge in [0.2, 0.25) is 0 Å². The van der Waals surface area contributed by atoms with Crippen LogP contribution >= 0.6 is 11.8 Å². The molecule has 1 nitrogen and oxygen atoms in total. The van der Waals surface area contributed by atoms with Crippen LogP contribution in [0, 0.1) is 13.8 Å². The largest absolute Gasteiger partial charge is 0.362 e. The van der Waals surface area contributed by atoms with Gasteiger partial charge >= 0.3 is 0 Å².